The lowest BCUT2D eigenvalue weighted by molar-refractivity contribution is 0.0282. The second-order valence-electron chi connectivity index (χ2n) is 5.78. The Hall–Kier alpha value is -1.02. The summed E-state index contributed by atoms with van der Waals surface area (Å²) < 4.78 is 5.86. The standard InChI is InChI=1S/C16H22O2/c17-14(10-12-6-2-1-3-7-12)16-11-13-8-4-5-9-15(13)18-16/h4-5,8-9,12,14,16-17H,1-3,6-7,10-11H2. The van der Waals surface area contributed by atoms with E-state index in [0.717, 1.165) is 18.6 Å². The minimum atomic E-state index is -0.305. The summed E-state index contributed by atoms with van der Waals surface area (Å²) in [6.45, 7) is 0. The lowest BCUT2D eigenvalue weighted by Gasteiger charge is -2.26. The van der Waals surface area contributed by atoms with Crippen molar-refractivity contribution >= 4 is 0 Å². The van der Waals surface area contributed by atoms with Gasteiger partial charge in [0.15, 0.2) is 0 Å². The fourth-order valence-corrected chi connectivity index (χ4v) is 3.34. The van der Waals surface area contributed by atoms with Gasteiger partial charge in [0.2, 0.25) is 0 Å². The molecule has 1 aromatic rings. The van der Waals surface area contributed by atoms with E-state index in [2.05, 4.69) is 6.07 Å². The molecule has 0 radical (unpaired) electrons. The average Bonchev–Trinajstić information content (AvgIpc) is 2.84. The van der Waals surface area contributed by atoms with Gasteiger partial charge in [0.25, 0.3) is 0 Å². The molecule has 0 aromatic heterocycles. The number of para-hydroxylation sites is 1. The minimum absolute atomic E-state index is 0.0238. The van der Waals surface area contributed by atoms with Crippen molar-refractivity contribution in [3.8, 4) is 5.75 Å². The summed E-state index contributed by atoms with van der Waals surface area (Å²) in [7, 11) is 0. The fourth-order valence-electron chi connectivity index (χ4n) is 3.34. The second kappa shape index (κ2) is 5.31. The first-order valence-electron chi connectivity index (χ1n) is 7.25. The lowest BCUT2D eigenvalue weighted by Crippen LogP contribution is -2.32. The largest absolute Gasteiger partial charge is 0.487 e. The molecule has 1 fully saturated rings. The van der Waals surface area contributed by atoms with Gasteiger partial charge in [0, 0.05) is 6.42 Å². The molecule has 0 amide bonds. The molecule has 18 heavy (non-hydrogen) atoms. The van der Waals surface area contributed by atoms with E-state index in [4.69, 9.17) is 4.74 Å². The first-order valence-corrected chi connectivity index (χ1v) is 7.25. The number of aliphatic hydroxyl groups is 1. The molecule has 1 aliphatic carbocycles. The number of fused-ring (bicyclic) bond motifs is 1. The second-order valence-corrected chi connectivity index (χ2v) is 5.78. The van der Waals surface area contributed by atoms with Crippen molar-refractivity contribution in [1.82, 2.24) is 0 Å². The van der Waals surface area contributed by atoms with Crippen molar-refractivity contribution in [2.24, 2.45) is 5.92 Å². The summed E-state index contributed by atoms with van der Waals surface area (Å²) >= 11 is 0. The van der Waals surface area contributed by atoms with E-state index in [0.29, 0.717) is 5.92 Å². The van der Waals surface area contributed by atoms with Gasteiger partial charge in [-0.1, -0.05) is 50.3 Å². The summed E-state index contributed by atoms with van der Waals surface area (Å²) in [5.74, 6) is 1.67. The Balaban J connectivity index is 1.56. The molecule has 3 rings (SSSR count). The van der Waals surface area contributed by atoms with Crippen LogP contribution in [-0.4, -0.2) is 17.3 Å². The maximum Gasteiger partial charge on any atom is 0.129 e. The number of ether oxygens (including phenoxy) is 1. The van der Waals surface area contributed by atoms with Crippen LogP contribution in [0.15, 0.2) is 24.3 Å². The number of rotatable bonds is 3. The van der Waals surface area contributed by atoms with E-state index in [-0.39, 0.29) is 12.2 Å². The zero-order chi connectivity index (χ0) is 12.4. The van der Waals surface area contributed by atoms with Gasteiger partial charge >= 0.3 is 0 Å². The molecule has 98 valence electrons. The highest BCUT2D eigenvalue weighted by atomic mass is 16.5. The van der Waals surface area contributed by atoms with Gasteiger partial charge < -0.3 is 9.84 Å². The van der Waals surface area contributed by atoms with E-state index in [9.17, 15) is 5.11 Å². The highest BCUT2D eigenvalue weighted by Gasteiger charge is 2.30. The van der Waals surface area contributed by atoms with Crippen LogP contribution in [0.25, 0.3) is 0 Å². The lowest BCUT2D eigenvalue weighted by atomic mass is 9.84. The molecule has 2 nitrogen and oxygen atoms in total. The molecule has 1 heterocycles. The fraction of sp³-hybridized carbons (Fsp3) is 0.625. The normalized spacial score (nSPS) is 25.5. The molecule has 1 saturated carbocycles. The van der Waals surface area contributed by atoms with E-state index in [1.807, 2.05) is 18.2 Å². The number of benzene rings is 1. The maximum atomic E-state index is 10.3. The van der Waals surface area contributed by atoms with Gasteiger partial charge in [0.1, 0.15) is 11.9 Å². The molecule has 0 saturated heterocycles. The predicted octanol–water partition coefficient (Wildman–Crippen LogP) is 3.32. The summed E-state index contributed by atoms with van der Waals surface area (Å²) in [4.78, 5) is 0. The van der Waals surface area contributed by atoms with Crippen molar-refractivity contribution in [2.45, 2.75) is 57.2 Å². The zero-order valence-corrected chi connectivity index (χ0v) is 10.8. The average molecular weight is 246 g/mol. The SMILES string of the molecule is OC(CC1CCCCC1)C1Cc2ccccc2O1. The van der Waals surface area contributed by atoms with E-state index < -0.39 is 0 Å². The molecule has 2 aliphatic rings. The predicted molar refractivity (Wildman–Crippen MR) is 71.8 cm³/mol. The van der Waals surface area contributed by atoms with E-state index in [1.165, 1.54) is 37.7 Å². The van der Waals surface area contributed by atoms with Crippen LogP contribution in [0.2, 0.25) is 0 Å². The highest BCUT2D eigenvalue weighted by molar-refractivity contribution is 5.37. The topological polar surface area (TPSA) is 29.5 Å². The first kappa shape index (κ1) is 12.0. The Morgan fingerprint density at radius 2 is 1.94 bits per heavy atom. The molecule has 1 N–H and O–H groups in total. The van der Waals surface area contributed by atoms with Crippen LogP contribution >= 0.6 is 0 Å². The minimum Gasteiger partial charge on any atom is -0.487 e. The molecule has 2 unspecified atom stereocenters. The van der Waals surface area contributed by atoms with Crippen molar-refractivity contribution in [2.75, 3.05) is 0 Å². The van der Waals surface area contributed by atoms with Crippen LogP contribution in [0.5, 0.6) is 5.75 Å². The molecular weight excluding hydrogens is 224 g/mol. The van der Waals surface area contributed by atoms with Crippen LogP contribution in [0.3, 0.4) is 0 Å². The van der Waals surface area contributed by atoms with Gasteiger partial charge in [0.05, 0.1) is 6.10 Å². The van der Waals surface area contributed by atoms with Crippen LogP contribution in [0, 0.1) is 5.92 Å². The van der Waals surface area contributed by atoms with Gasteiger partial charge in [-0.25, -0.2) is 0 Å². The summed E-state index contributed by atoms with van der Waals surface area (Å²) in [6, 6.07) is 8.14. The monoisotopic (exact) mass is 246 g/mol. The molecule has 2 heteroatoms. The number of aliphatic hydroxyl groups excluding tert-OH is 1. The van der Waals surface area contributed by atoms with Crippen molar-refractivity contribution in [3.63, 3.8) is 0 Å². The van der Waals surface area contributed by atoms with Gasteiger partial charge in [-0.05, 0) is 24.0 Å². The Morgan fingerprint density at radius 1 is 1.17 bits per heavy atom. The molecule has 0 bridgehead atoms. The van der Waals surface area contributed by atoms with Crippen molar-refractivity contribution < 1.29 is 9.84 Å². The number of hydrogen-bond acceptors (Lipinski definition) is 2. The summed E-state index contributed by atoms with van der Waals surface area (Å²) in [5.41, 5.74) is 1.24. The first-order chi connectivity index (χ1) is 8.83. The quantitative estimate of drug-likeness (QED) is 0.886. The zero-order valence-electron chi connectivity index (χ0n) is 10.8. The Bertz CT molecular complexity index is 371. The third kappa shape index (κ3) is 2.54. The Morgan fingerprint density at radius 3 is 2.72 bits per heavy atom. The third-order valence-corrected chi connectivity index (χ3v) is 4.40. The molecule has 0 spiro atoms. The third-order valence-electron chi connectivity index (χ3n) is 4.40. The van der Waals surface area contributed by atoms with Gasteiger partial charge in [-0.2, -0.15) is 0 Å². The van der Waals surface area contributed by atoms with Crippen LogP contribution in [0.4, 0.5) is 0 Å². The van der Waals surface area contributed by atoms with Crippen molar-refractivity contribution in [1.29, 1.82) is 0 Å². The molecule has 1 aliphatic heterocycles. The molecule has 2 atom stereocenters. The molecular formula is C16H22O2. The van der Waals surface area contributed by atoms with Crippen LogP contribution in [0.1, 0.15) is 44.1 Å². The Labute approximate surface area is 109 Å². The van der Waals surface area contributed by atoms with Crippen molar-refractivity contribution in [3.05, 3.63) is 29.8 Å². The van der Waals surface area contributed by atoms with E-state index >= 15 is 0 Å². The summed E-state index contributed by atoms with van der Waals surface area (Å²) in [5, 5.41) is 10.3. The van der Waals surface area contributed by atoms with E-state index in [1.54, 1.807) is 0 Å². The smallest absolute Gasteiger partial charge is 0.129 e. The highest BCUT2D eigenvalue weighted by Crippen LogP contribution is 2.33. The van der Waals surface area contributed by atoms with Crippen LogP contribution in [-0.2, 0) is 6.42 Å². The Kier molecular flexibility index (Phi) is 3.55. The van der Waals surface area contributed by atoms with Crippen LogP contribution < -0.4 is 4.74 Å². The van der Waals surface area contributed by atoms with Gasteiger partial charge in [-0.15, -0.1) is 0 Å². The molecule has 1 aromatic carbocycles. The number of hydrogen-bond donors (Lipinski definition) is 1. The summed E-state index contributed by atoms with van der Waals surface area (Å²) in [6.07, 6.45) is 8.07. The van der Waals surface area contributed by atoms with Gasteiger partial charge in [-0.3, -0.25) is 0 Å². The maximum absolute atomic E-state index is 10.3.